The van der Waals surface area contributed by atoms with E-state index in [2.05, 4.69) is 4.98 Å². The number of hydrogen-bond donors (Lipinski definition) is 1. The van der Waals surface area contributed by atoms with Gasteiger partial charge in [0.25, 0.3) is 0 Å². The third kappa shape index (κ3) is 3.00. The molecule has 0 amide bonds. The van der Waals surface area contributed by atoms with Crippen LogP contribution in [0.3, 0.4) is 0 Å². The van der Waals surface area contributed by atoms with Crippen LogP contribution in [0.25, 0.3) is 11.1 Å². The summed E-state index contributed by atoms with van der Waals surface area (Å²) in [7, 11) is 0. The topological polar surface area (TPSA) is 72.6 Å². The predicted octanol–water partition coefficient (Wildman–Crippen LogP) is 2.63. The second-order valence-electron chi connectivity index (χ2n) is 3.94. The number of carbonyl (C=O) groups is 1. The van der Waals surface area contributed by atoms with Gasteiger partial charge in [-0.2, -0.15) is 0 Å². The minimum Gasteiger partial charge on any atom is -0.493 e. The molecule has 0 radical (unpaired) electrons. The molecular weight excluding hydrogens is 234 g/mol. The molecule has 1 aromatic carbocycles. The molecule has 0 bridgehead atoms. The van der Waals surface area contributed by atoms with Crippen molar-refractivity contribution in [2.24, 2.45) is 0 Å². The Morgan fingerprint density at radius 3 is 3.06 bits per heavy atom. The summed E-state index contributed by atoms with van der Waals surface area (Å²) < 4.78 is 11.0. The second-order valence-corrected chi connectivity index (χ2v) is 3.94. The largest absolute Gasteiger partial charge is 0.493 e. The van der Waals surface area contributed by atoms with Gasteiger partial charge in [-0.15, -0.1) is 0 Å². The van der Waals surface area contributed by atoms with Gasteiger partial charge in [-0.1, -0.05) is 6.92 Å². The third-order valence-electron chi connectivity index (χ3n) is 2.51. The van der Waals surface area contributed by atoms with Gasteiger partial charge in [0, 0.05) is 18.9 Å². The maximum atomic E-state index is 10.3. The van der Waals surface area contributed by atoms with Gasteiger partial charge in [-0.25, -0.2) is 4.98 Å². The second kappa shape index (κ2) is 5.53. The fourth-order valence-electron chi connectivity index (χ4n) is 1.61. The van der Waals surface area contributed by atoms with Crippen molar-refractivity contribution in [1.82, 2.24) is 4.98 Å². The molecule has 2 aromatic rings. The smallest absolute Gasteiger partial charge is 0.303 e. The molecule has 0 fully saturated rings. The Kier molecular flexibility index (Phi) is 3.82. The first-order valence-corrected chi connectivity index (χ1v) is 5.93. The van der Waals surface area contributed by atoms with Gasteiger partial charge in [-0.3, -0.25) is 4.79 Å². The van der Waals surface area contributed by atoms with Crippen molar-refractivity contribution >= 4 is 17.1 Å². The van der Waals surface area contributed by atoms with Crippen LogP contribution in [0.5, 0.6) is 5.75 Å². The van der Waals surface area contributed by atoms with E-state index in [9.17, 15) is 4.79 Å². The highest BCUT2D eigenvalue weighted by molar-refractivity contribution is 5.74. The van der Waals surface area contributed by atoms with E-state index in [1.807, 2.05) is 19.1 Å². The van der Waals surface area contributed by atoms with Gasteiger partial charge in [0.1, 0.15) is 11.3 Å². The molecule has 0 unspecified atom stereocenters. The van der Waals surface area contributed by atoms with Crippen molar-refractivity contribution in [3.63, 3.8) is 0 Å². The molecule has 0 saturated heterocycles. The molecule has 1 N–H and O–H groups in total. The first-order chi connectivity index (χ1) is 8.69. The van der Waals surface area contributed by atoms with Gasteiger partial charge in [0.2, 0.25) is 0 Å². The fourth-order valence-corrected chi connectivity index (χ4v) is 1.61. The number of aryl methyl sites for hydroxylation is 1. The number of aliphatic carboxylic acids is 1. The van der Waals surface area contributed by atoms with Gasteiger partial charge in [-0.05, 0) is 18.6 Å². The molecule has 0 aliphatic heterocycles. The number of benzene rings is 1. The van der Waals surface area contributed by atoms with Crippen LogP contribution in [-0.2, 0) is 11.2 Å². The van der Waals surface area contributed by atoms with Crippen molar-refractivity contribution in [2.45, 2.75) is 26.2 Å². The Labute approximate surface area is 104 Å². The fraction of sp³-hybridized carbons (Fsp3) is 0.385. The number of fused-ring (bicyclic) bond motifs is 1. The highest BCUT2D eigenvalue weighted by Gasteiger charge is 2.05. The molecule has 0 atom stereocenters. The van der Waals surface area contributed by atoms with E-state index in [4.69, 9.17) is 14.3 Å². The number of aromatic nitrogens is 1. The number of hydrogen-bond acceptors (Lipinski definition) is 4. The van der Waals surface area contributed by atoms with Crippen molar-refractivity contribution in [1.29, 1.82) is 0 Å². The van der Waals surface area contributed by atoms with Crippen LogP contribution >= 0.6 is 0 Å². The zero-order chi connectivity index (χ0) is 13.0. The summed E-state index contributed by atoms with van der Waals surface area (Å²) in [5.74, 6) is 0.566. The molecule has 0 aliphatic carbocycles. The van der Waals surface area contributed by atoms with E-state index in [1.54, 1.807) is 6.07 Å². The van der Waals surface area contributed by atoms with E-state index in [0.29, 0.717) is 30.3 Å². The molecule has 0 saturated carbocycles. The van der Waals surface area contributed by atoms with Crippen LogP contribution in [-0.4, -0.2) is 22.7 Å². The number of carboxylic acids is 1. The van der Waals surface area contributed by atoms with Crippen LogP contribution in [0.2, 0.25) is 0 Å². The summed E-state index contributed by atoms with van der Waals surface area (Å²) in [5.41, 5.74) is 1.51. The first-order valence-electron chi connectivity index (χ1n) is 5.93. The molecule has 0 aliphatic rings. The molecule has 5 nitrogen and oxygen atoms in total. The maximum absolute atomic E-state index is 10.3. The summed E-state index contributed by atoms with van der Waals surface area (Å²) >= 11 is 0. The summed E-state index contributed by atoms with van der Waals surface area (Å²) in [6.07, 6.45) is 1.36. The van der Waals surface area contributed by atoms with Crippen molar-refractivity contribution in [2.75, 3.05) is 6.61 Å². The van der Waals surface area contributed by atoms with Crippen LogP contribution in [0.1, 0.15) is 25.7 Å². The van der Waals surface area contributed by atoms with E-state index >= 15 is 0 Å². The molecule has 1 heterocycles. The zero-order valence-electron chi connectivity index (χ0n) is 10.2. The summed E-state index contributed by atoms with van der Waals surface area (Å²) in [4.78, 5) is 14.6. The lowest BCUT2D eigenvalue weighted by Gasteiger charge is -2.04. The first kappa shape index (κ1) is 12.4. The zero-order valence-corrected chi connectivity index (χ0v) is 10.2. The quantitative estimate of drug-likeness (QED) is 0.797. The van der Waals surface area contributed by atoms with E-state index < -0.39 is 5.97 Å². The van der Waals surface area contributed by atoms with Crippen LogP contribution < -0.4 is 4.74 Å². The van der Waals surface area contributed by atoms with Gasteiger partial charge >= 0.3 is 5.97 Å². The average molecular weight is 249 g/mol. The number of nitrogens with zero attached hydrogens (tertiary/aromatic N) is 1. The Bertz CT molecular complexity index is 547. The lowest BCUT2D eigenvalue weighted by atomic mass is 10.3. The molecule has 96 valence electrons. The Morgan fingerprint density at radius 2 is 2.33 bits per heavy atom. The lowest BCUT2D eigenvalue weighted by molar-refractivity contribution is -0.137. The van der Waals surface area contributed by atoms with Crippen molar-refractivity contribution in [3.05, 3.63) is 24.1 Å². The highest BCUT2D eigenvalue weighted by atomic mass is 16.5. The monoisotopic (exact) mass is 249 g/mol. The van der Waals surface area contributed by atoms with E-state index in [1.165, 1.54) is 0 Å². The molecule has 0 spiro atoms. The summed E-state index contributed by atoms with van der Waals surface area (Å²) in [6, 6.07) is 5.43. The minimum absolute atomic E-state index is 0.116. The van der Waals surface area contributed by atoms with Gasteiger partial charge < -0.3 is 14.3 Å². The lowest BCUT2D eigenvalue weighted by Crippen LogP contribution is -2.01. The summed E-state index contributed by atoms with van der Waals surface area (Å²) in [5, 5.41) is 8.50. The van der Waals surface area contributed by atoms with Gasteiger partial charge in [0.15, 0.2) is 11.5 Å². The predicted molar refractivity (Wildman–Crippen MR) is 65.8 cm³/mol. The Balaban J connectivity index is 1.98. The molecule has 2 rings (SSSR count). The number of carboxylic acid groups (broad SMARTS) is 1. The van der Waals surface area contributed by atoms with Crippen LogP contribution in [0, 0.1) is 0 Å². The molecule has 5 heteroatoms. The molecule has 1 aromatic heterocycles. The maximum Gasteiger partial charge on any atom is 0.303 e. The number of ether oxygens (including phenoxy) is 1. The Morgan fingerprint density at radius 1 is 1.50 bits per heavy atom. The number of rotatable bonds is 6. The van der Waals surface area contributed by atoms with E-state index in [0.717, 1.165) is 11.9 Å². The van der Waals surface area contributed by atoms with Crippen molar-refractivity contribution in [3.8, 4) is 5.75 Å². The molecule has 18 heavy (non-hydrogen) atoms. The standard InChI is InChI=1S/C13H15NO4/c1-2-12-14-10-6-5-9(8-11(10)18-12)17-7-3-4-13(15)16/h5-6,8H,2-4,7H2,1H3,(H,15,16). The van der Waals surface area contributed by atoms with Crippen molar-refractivity contribution < 1.29 is 19.1 Å². The summed E-state index contributed by atoms with van der Waals surface area (Å²) in [6.45, 7) is 2.36. The SMILES string of the molecule is CCc1nc2ccc(OCCCC(=O)O)cc2o1. The highest BCUT2D eigenvalue weighted by Crippen LogP contribution is 2.22. The Hall–Kier alpha value is -2.04. The van der Waals surface area contributed by atoms with E-state index in [-0.39, 0.29) is 6.42 Å². The third-order valence-corrected chi connectivity index (χ3v) is 2.51. The normalized spacial score (nSPS) is 10.7. The van der Waals surface area contributed by atoms with Crippen LogP contribution in [0.4, 0.5) is 0 Å². The van der Waals surface area contributed by atoms with Crippen LogP contribution in [0.15, 0.2) is 22.6 Å². The van der Waals surface area contributed by atoms with Gasteiger partial charge in [0.05, 0.1) is 6.61 Å². The molecular formula is C13H15NO4. The number of oxazole rings is 1. The minimum atomic E-state index is -0.808. The average Bonchev–Trinajstić information content (AvgIpc) is 2.76.